The number of carbonyl (C=O) groups excluding carboxylic acids is 1. The molecule has 1 fully saturated rings. The molecule has 15 heavy (non-hydrogen) atoms. The fourth-order valence-corrected chi connectivity index (χ4v) is 1.51. The standard InChI is InChI=1S/C10H14N2O2.ClH/c1-6-3-7(2)14-9(6)10(13)12-8-4-11-5-8;/h3,8,11H,4-5H2,1-2H3,(H,12,13);1H. The summed E-state index contributed by atoms with van der Waals surface area (Å²) in [5.74, 6) is 1.11. The van der Waals surface area contributed by atoms with E-state index in [1.807, 2.05) is 19.9 Å². The van der Waals surface area contributed by atoms with E-state index in [0.717, 1.165) is 24.4 Å². The van der Waals surface area contributed by atoms with Crippen LogP contribution in [0, 0.1) is 13.8 Å². The Balaban J connectivity index is 0.00000112. The second-order valence-electron chi connectivity index (χ2n) is 3.70. The molecule has 1 saturated heterocycles. The molecule has 0 atom stereocenters. The Kier molecular flexibility index (Phi) is 3.77. The van der Waals surface area contributed by atoms with Gasteiger partial charge in [-0.15, -0.1) is 12.4 Å². The summed E-state index contributed by atoms with van der Waals surface area (Å²) in [6.07, 6.45) is 0. The molecule has 84 valence electrons. The Morgan fingerprint density at radius 1 is 1.53 bits per heavy atom. The summed E-state index contributed by atoms with van der Waals surface area (Å²) in [6.45, 7) is 5.42. The van der Waals surface area contributed by atoms with E-state index in [4.69, 9.17) is 4.42 Å². The maximum Gasteiger partial charge on any atom is 0.287 e. The third kappa shape index (κ3) is 2.52. The van der Waals surface area contributed by atoms with Gasteiger partial charge in [0.05, 0.1) is 6.04 Å². The molecule has 2 rings (SSSR count). The highest BCUT2D eigenvalue weighted by atomic mass is 35.5. The SMILES string of the molecule is Cc1cc(C)c(C(=O)NC2CNC2)o1.Cl. The van der Waals surface area contributed by atoms with Crippen LogP contribution in [-0.4, -0.2) is 25.0 Å². The van der Waals surface area contributed by atoms with Crippen molar-refractivity contribution in [2.75, 3.05) is 13.1 Å². The number of rotatable bonds is 2. The summed E-state index contributed by atoms with van der Waals surface area (Å²) in [5, 5.41) is 5.98. The van der Waals surface area contributed by atoms with Gasteiger partial charge in [-0.25, -0.2) is 0 Å². The van der Waals surface area contributed by atoms with Gasteiger partial charge >= 0.3 is 0 Å². The monoisotopic (exact) mass is 230 g/mol. The number of amides is 1. The van der Waals surface area contributed by atoms with Crippen molar-refractivity contribution < 1.29 is 9.21 Å². The van der Waals surface area contributed by atoms with Crippen LogP contribution in [0.2, 0.25) is 0 Å². The zero-order valence-electron chi connectivity index (χ0n) is 8.79. The second kappa shape index (κ2) is 4.68. The zero-order chi connectivity index (χ0) is 10.1. The first-order valence-electron chi connectivity index (χ1n) is 4.75. The van der Waals surface area contributed by atoms with Crippen molar-refractivity contribution in [1.29, 1.82) is 0 Å². The minimum atomic E-state index is -0.109. The highest BCUT2D eigenvalue weighted by Crippen LogP contribution is 2.13. The molecule has 0 unspecified atom stereocenters. The van der Waals surface area contributed by atoms with Gasteiger partial charge in [0.15, 0.2) is 5.76 Å². The average Bonchev–Trinajstić information content (AvgIpc) is 2.37. The molecule has 0 aromatic carbocycles. The first kappa shape index (κ1) is 12.1. The summed E-state index contributed by atoms with van der Waals surface area (Å²) in [5.41, 5.74) is 0.896. The van der Waals surface area contributed by atoms with Crippen LogP contribution in [0.3, 0.4) is 0 Å². The van der Waals surface area contributed by atoms with Crippen molar-refractivity contribution in [1.82, 2.24) is 10.6 Å². The van der Waals surface area contributed by atoms with E-state index in [2.05, 4.69) is 10.6 Å². The van der Waals surface area contributed by atoms with E-state index in [9.17, 15) is 4.79 Å². The molecule has 0 spiro atoms. The molecule has 1 aromatic heterocycles. The van der Waals surface area contributed by atoms with Gasteiger partial charge in [0.25, 0.3) is 5.91 Å². The third-order valence-corrected chi connectivity index (χ3v) is 2.36. The van der Waals surface area contributed by atoms with Crippen LogP contribution in [0.25, 0.3) is 0 Å². The van der Waals surface area contributed by atoms with E-state index >= 15 is 0 Å². The first-order valence-corrected chi connectivity index (χ1v) is 4.75. The maximum absolute atomic E-state index is 11.6. The topological polar surface area (TPSA) is 54.3 Å². The lowest BCUT2D eigenvalue weighted by Gasteiger charge is -2.27. The molecule has 1 aliphatic heterocycles. The number of nitrogens with one attached hydrogen (secondary N) is 2. The van der Waals surface area contributed by atoms with Crippen LogP contribution >= 0.6 is 12.4 Å². The van der Waals surface area contributed by atoms with Crippen molar-refractivity contribution in [2.45, 2.75) is 19.9 Å². The molecule has 5 heteroatoms. The van der Waals surface area contributed by atoms with Crippen LogP contribution < -0.4 is 10.6 Å². The average molecular weight is 231 g/mol. The normalized spacial score (nSPS) is 15.3. The first-order chi connectivity index (χ1) is 6.66. The molecule has 1 amide bonds. The van der Waals surface area contributed by atoms with Crippen LogP contribution in [0.4, 0.5) is 0 Å². The molecule has 1 aliphatic rings. The largest absolute Gasteiger partial charge is 0.456 e. The Hall–Kier alpha value is -1.00. The van der Waals surface area contributed by atoms with E-state index < -0.39 is 0 Å². The predicted molar refractivity (Wildman–Crippen MR) is 59.6 cm³/mol. The number of hydrogen-bond donors (Lipinski definition) is 2. The number of halogens is 1. The lowest BCUT2D eigenvalue weighted by molar-refractivity contribution is 0.0893. The van der Waals surface area contributed by atoms with Crippen LogP contribution in [-0.2, 0) is 0 Å². The van der Waals surface area contributed by atoms with Gasteiger partial charge < -0.3 is 15.1 Å². The number of aryl methyl sites for hydroxylation is 2. The molecule has 4 nitrogen and oxygen atoms in total. The van der Waals surface area contributed by atoms with Crippen molar-refractivity contribution in [3.05, 3.63) is 23.2 Å². The Bertz CT molecular complexity index is 358. The quantitative estimate of drug-likeness (QED) is 0.798. The van der Waals surface area contributed by atoms with Crippen LogP contribution in [0.5, 0.6) is 0 Å². The minimum absolute atomic E-state index is 0. The molecule has 2 N–H and O–H groups in total. The highest BCUT2D eigenvalue weighted by Gasteiger charge is 2.22. The van der Waals surface area contributed by atoms with E-state index in [0.29, 0.717) is 5.76 Å². The maximum atomic E-state index is 11.6. The molecule has 1 aromatic rings. The number of carbonyl (C=O) groups is 1. The van der Waals surface area contributed by atoms with Crippen LogP contribution in [0.1, 0.15) is 21.9 Å². The fraction of sp³-hybridized carbons (Fsp3) is 0.500. The van der Waals surface area contributed by atoms with E-state index in [1.165, 1.54) is 0 Å². The van der Waals surface area contributed by atoms with E-state index in [1.54, 1.807) is 0 Å². The van der Waals surface area contributed by atoms with Gasteiger partial charge in [0.1, 0.15) is 5.76 Å². The summed E-state index contributed by atoms with van der Waals surface area (Å²) in [4.78, 5) is 11.6. The second-order valence-corrected chi connectivity index (χ2v) is 3.70. The van der Waals surface area contributed by atoms with Gasteiger partial charge in [-0.2, -0.15) is 0 Å². The fourth-order valence-electron chi connectivity index (χ4n) is 1.51. The Labute approximate surface area is 94.8 Å². The summed E-state index contributed by atoms with van der Waals surface area (Å²) in [7, 11) is 0. The molecular formula is C10H15ClN2O2. The Morgan fingerprint density at radius 2 is 2.20 bits per heavy atom. The molecule has 0 saturated carbocycles. The van der Waals surface area contributed by atoms with Crippen molar-refractivity contribution in [3.8, 4) is 0 Å². The molecule has 0 aliphatic carbocycles. The summed E-state index contributed by atoms with van der Waals surface area (Å²) < 4.78 is 5.31. The highest BCUT2D eigenvalue weighted by molar-refractivity contribution is 5.93. The predicted octanol–water partition coefficient (Wildman–Crippen LogP) is 1.02. The molecular weight excluding hydrogens is 216 g/mol. The Morgan fingerprint density at radius 3 is 2.60 bits per heavy atom. The van der Waals surface area contributed by atoms with Gasteiger partial charge in [-0.3, -0.25) is 4.79 Å². The minimum Gasteiger partial charge on any atom is -0.456 e. The lowest BCUT2D eigenvalue weighted by Crippen LogP contribution is -2.56. The van der Waals surface area contributed by atoms with Gasteiger partial charge in [0.2, 0.25) is 0 Å². The summed E-state index contributed by atoms with van der Waals surface area (Å²) in [6, 6.07) is 2.13. The van der Waals surface area contributed by atoms with Gasteiger partial charge in [-0.05, 0) is 19.9 Å². The van der Waals surface area contributed by atoms with Gasteiger partial charge in [-0.1, -0.05) is 0 Å². The number of hydrogen-bond acceptors (Lipinski definition) is 3. The molecule has 0 bridgehead atoms. The van der Waals surface area contributed by atoms with Crippen LogP contribution in [0.15, 0.2) is 10.5 Å². The summed E-state index contributed by atoms with van der Waals surface area (Å²) >= 11 is 0. The smallest absolute Gasteiger partial charge is 0.287 e. The number of furan rings is 1. The zero-order valence-corrected chi connectivity index (χ0v) is 9.61. The third-order valence-electron chi connectivity index (χ3n) is 2.36. The van der Waals surface area contributed by atoms with Crippen molar-refractivity contribution >= 4 is 18.3 Å². The van der Waals surface area contributed by atoms with Crippen molar-refractivity contribution in [3.63, 3.8) is 0 Å². The van der Waals surface area contributed by atoms with E-state index in [-0.39, 0.29) is 24.4 Å². The van der Waals surface area contributed by atoms with Crippen molar-refractivity contribution in [2.24, 2.45) is 0 Å². The molecule has 2 heterocycles. The lowest BCUT2D eigenvalue weighted by atomic mass is 10.1. The van der Waals surface area contributed by atoms with Gasteiger partial charge in [0, 0.05) is 18.7 Å². The molecule has 0 radical (unpaired) electrons.